The van der Waals surface area contributed by atoms with Crippen LogP contribution in [0.15, 0.2) is 42.5 Å². The van der Waals surface area contributed by atoms with Crippen molar-refractivity contribution in [2.75, 3.05) is 39.7 Å². The minimum Gasteiger partial charge on any atom is -0.493 e. The Hall–Kier alpha value is -3.66. The highest BCUT2D eigenvalue weighted by molar-refractivity contribution is 7.80. The number of carbonyl (C=O) groups is 3. The summed E-state index contributed by atoms with van der Waals surface area (Å²) >= 11 is 5.56. The number of nitrogens with zero attached hydrogens (tertiary/aromatic N) is 2. The first kappa shape index (κ1) is 26.0. The number of esters is 1. The van der Waals surface area contributed by atoms with Crippen LogP contribution in [0.4, 0.5) is 5.69 Å². The van der Waals surface area contributed by atoms with Crippen LogP contribution in [0.1, 0.15) is 29.3 Å². The van der Waals surface area contributed by atoms with Crippen LogP contribution in [0.5, 0.6) is 11.5 Å². The van der Waals surface area contributed by atoms with Gasteiger partial charge in [0.25, 0.3) is 5.91 Å². The highest BCUT2D eigenvalue weighted by atomic mass is 32.1. The molecule has 10 heteroatoms. The molecule has 1 atom stereocenters. The van der Waals surface area contributed by atoms with Crippen molar-refractivity contribution in [3.05, 3.63) is 53.6 Å². The molecule has 0 saturated carbocycles. The molecule has 0 radical (unpaired) electrons. The van der Waals surface area contributed by atoms with Gasteiger partial charge in [0.05, 0.1) is 33.3 Å². The standard InChI is InChI=1S/C25H29N3O6S/c1-5-27-23(30)19(15-22(29)26-18-9-7-17(8-10-18)24(31)34-4)28(25(27)35)13-12-16-6-11-20(32-2)21(14-16)33-3/h6-11,14,19H,5,12-13,15H2,1-4H3,(H,26,29). The fourth-order valence-electron chi connectivity index (χ4n) is 3.92. The molecule has 1 fully saturated rings. The van der Waals surface area contributed by atoms with E-state index in [9.17, 15) is 14.4 Å². The van der Waals surface area contributed by atoms with Gasteiger partial charge < -0.3 is 24.4 Å². The maximum absolute atomic E-state index is 13.0. The fraction of sp³-hybridized carbons (Fsp3) is 0.360. The Morgan fingerprint density at radius 1 is 1.03 bits per heavy atom. The highest BCUT2D eigenvalue weighted by Gasteiger charge is 2.42. The molecular formula is C25H29N3O6S. The summed E-state index contributed by atoms with van der Waals surface area (Å²) in [6, 6.07) is 11.3. The van der Waals surface area contributed by atoms with E-state index in [-0.39, 0.29) is 18.2 Å². The summed E-state index contributed by atoms with van der Waals surface area (Å²) < 4.78 is 15.3. The number of likely N-dealkylation sites (N-methyl/N-ethyl adjacent to an activating group) is 1. The van der Waals surface area contributed by atoms with E-state index in [4.69, 9.17) is 21.7 Å². The largest absolute Gasteiger partial charge is 0.493 e. The van der Waals surface area contributed by atoms with Crippen LogP contribution in [-0.4, -0.2) is 73.2 Å². The summed E-state index contributed by atoms with van der Waals surface area (Å²) in [4.78, 5) is 40.7. The molecule has 0 spiro atoms. The SMILES string of the molecule is CCN1C(=O)C(CC(=O)Nc2ccc(C(=O)OC)cc2)N(CCc2ccc(OC)c(OC)c2)C1=S. The molecule has 2 aromatic rings. The third-order valence-electron chi connectivity index (χ3n) is 5.78. The lowest BCUT2D eigenvalue weighted by atomic mass is 10.1. The molecule has 3 rings (SSSR count). The first-order valence-corrected chi connectivity index (χ1v) is 11.5. The lowest BCUT2D eigenvalue weighted by molar-refractivity contribution is -0.130. The Morgan fingerprint density at radius 2 is 1.71 bits per heavy atom. The summed E-state index contributed by atoms with van der Waals surface area (Å²) in [5.41, 5.74) is 1.88. The van der Waals surface area contributed by atoms with Crippen molar-refractivity contribution in [1.29, 1.82) is 0 Å². The quantitative estimate of drug-likeness (QED) is 0.394. The molecule has 1 unspecified atom stereocenters. The maximum Gasteiger partial charge on any atom is 0.337 e. The zero-order chi connectivity index (χ0) is 25.5. The third kappa shape index (κ3) is 5.89. The van der Waals surface area contributed by atoms with Gasteiger partial charge >= 0.3 is 5.97 Å². The number of hydrogen-bond donors (Lipinski definition) is 1. The Morgan fingerprint density at radius 3 is 2.31 bits per heavy atom. The number of anilines is 1. The molecule has 186 valence electrons. The van der Waals surface area contributed by atoms with Crippen LogP contribution in [0.3, 0.4) is 0 Å². The molecule has 1 aliphatic rings. The van der Waals surface area contributed by atoms with Gasteiger partial charge in [-0.15, -0.1) is 0 Å². The van der Waals surface area contributed by atoms with Crippen molar-refractivity contribution >= 4 is 40.8 Å². The molecule has 1 saturated heterocycles. The molecule has 2 amide bonds. The van der Waals surface area contributed by atoms with E-state index < -0.39 is 12.0 Å². The van der Waals surface area contributed by atoms with Crippen molar-refractivity contribution in [2.24, 2.45) is 0 Å². The van der Waals surface area contributed by atoms with Gasteiger partial charge in [-0.2, -0.15) is 0 Å². The van der Waals surface area contributed by atoms with Crippen LogP contribution >= 0.6 is 12.2 Å². The fourth-order valence-corrected chi connectivity index (χ4v) is 4.35. The van der Waals surface area contributed by atoms with Gasteiger partial charge in [0.15, 0.2) is 16.6 Å². The molecule has 0 aromatic heterocycles. The maximum atomic E-state index is 13.0. The van der Waals surface area contributed by atoms with Crippen molar-refractivity contribution in [1.82, 2.24) is 9.80 Å². The second-order valence-electron chi connectivity index (χ2n) is 7.83. The number of methoxy groups -OCH3 is 3. The van der Waals surface area contributed by atoms with Crippen LogP contribution in [-0.2, 0) is 20.7 Å². The molecule has 9 nitrogen and oxygen atoms in total. The Labute approximate surface area is 209 Å². The third-order valence-corrected chi connectivity index (χ3v) is 6.23. The number of carbonyl (C=O) groups excluding carboxylic acids is 3. The zero-order valence-electron chi connectivity index (χ0n) is 20.2. The molecule has 1 heterocycles. The number of nitrogens with one attached hydrogen (secondary N) is 1. The molecule has 1 N–H and O–H groups in total. The average molecular weight is 500 g/mol. The first-order chi connectivity index (χ1) is 16.8. The van der Waals surface area contributed by atoms with E-state index in [0.717, 1.165) is 5.56 Å². The van der Waals surface area contributed by atoms with E-state index in [1.807, 2.05) is 25.1 Å². The van der Waals surface area contributed by atoms with Crippen LogP contribution in [0, 0.1) is 0 Å². The Balaban J connectivity index is 1.70. The summed E-state index contributed by atoms with van der Waals surface area (Å²) in [5.74, 6) is 0.272. The number of amides is 2. The minimum atomic E-state index is -0.697. The number of hydrogen-bond acceptors (Lipinski definition) is 7. The van der Waals surface area contributed by atoms with Gasteiger partial charge in [-0.05, 0) is 67.5 Å². The van der Waals surface area contributed by atoms with E-state index >= 15 is 0 Å². The van der Waals surface area contributed by atoms with Gasteiger partial charge in [-0.3, -0.25) is 14.5 Å². The molecule has 0 aliphatic carbocycles. The van der Waals surface area contributed by atoms with Crippen molar-refractivity contribution in [2.45, 2.75) is 25.8 Å². The Kier molecular flexibility index (Phi) is 8.64. The van der Waals surface area contributed by atoms with E-state index in [1.165, 1.54) is 12.0 Å². The van der Waals surface area contributed by atoms with Crippen molar-refractivity contribution in [3.8, 4) is 11.5 Å². The van der Waals surface area contributed by atoms with Crippen LogP contribution < -0.4 is 14.8 Å². The van der Waals surface area contributed by atoms with E-state index in [1.54, 1.807) is 43.4 Å². The van der Waals surface area contributed by atoms with Gasteiger partial charge in [0.1, 0.15) is 6.04 Å². The number of ether oxygens (including phenoxy) is 3. The minimum absolute atomic E-state index is 0.0554. The monoisotopic (exact) mass is 499 g/mol. The summed E-state index contributed by atoms with van der Waals surface area (Å²) in [5, 5.41) is 3.20. The molecular weight excluding hydrogens is 470 g/mol. The summed E-state index contributed by atoms with van der Waals surface area (Å²) in [6.07, 6.45) is 0.540. The molecule has 2 aromatic carbocycles. The lowest BCUT2D eigenvalue weighted by Gasteiger charge is -2.24. The molecule has 35 heavy (non-hydrogen) atoms. The lowest BCUT2D eigenvalue weighted by Crippen LogP contribution is -2.39. The second-order valence-corrected chi connectivity index (χ2v) is 8.20. The van der Waals surface area contributed by atoms with Gasteiger partial charge in [-0.25, -0.2) is 4.79 Å². The Bertz CT molecular complexity index is 1100. The number of thiocarbonyl (C=S) groups is 1. The first-order valence-electron chi connectivity index (χ1n) is 11.1. The van der Waals surface area contributed by atoms with Crippen LogP contribution in [0.25, 0.3) is 0 Å². The molecule has 0 bridgehead atoms. The molecule has 1 aliphatic heterocycles. The predicted octanol–water partition coefficient (Wildman–Crippen LogP) is 2.88. The van der Waals surface area contributed by atoms with Crippen molar-refractivity contribution < 1.29 is 28.6 Å². The van der Waals surface area contributed by atoms with Gasteiger partial charge in [0.2, 0.25) is 5.91 Å². The predicted molar refractivity (Wildman–Crippen MR) is 135 cm³/mol. The van der Waals surface area contributed by atoms with E-state index in [2.05, 4.69) is 10.1 Å². The van der Waals surface area contributed by atoms with E-state index in [0.29, 0.717) is 47.4 Å². The van der Waals surface area contributed by atoms with Gasteiger partial charge in [0, 0.05) is 18.8 Å². The zero-order valence-corrected chi connectivity index (χ0v) is 21.0. The highest BCUT2D eigenvalue weighted by Crippen LogP contribution is 2.28. The number of benzene rings is 2. The summed E-state index contributed by atoms with van der Waals surface area (Å²) in [7, 11) is 4.46. The number of rotatable bonds is 10. The topological polar surface area (TPSA) is 97.4 Å². The average Bonchev–Trinajstić information content (AvgIpc) is 3.09. The van der Waals surface area contributed by atoms with Gasteiger partial charge in [-0.1, -0.05) is 6.07 Å². The van der Waals surface area contributed by atoms with Crippen molar-refractivity contribution in [3.63, 3.8) is 0 Å². The van der Waals surface area contributed by atoms with Crippen LogP contribution in [0.2, 0.25) is 0 Å². The normalized spacial score (nSPS) is 15.3. The smallest absolute Gasteiger partial charge is 0.337 e. The summed E-state index contributed by atoms with van der Waals surface area (Å²) in [6.45, 7) is 2.74. The second kappa shape index (κ2) is 11.7.